The highest BCUT2D eigenvalue weighted by atomic mass is 16.5. The molecule has 12 heavy (non-hydrogen) atoms. The van der Waals surface area contributed by atoms with Gasteiger partial charge >= 0.3 is 0 Å². The maximum Gasteiger partial charge on any atom is 0.223 e. The SMILES string of the molecule is CNC(c1noc(C)n1)C1CC1. The molecule has 1 fully saturated rings. The van der Waals surface area contributed by atoms with Crippen LogP contribution >= 0.6 is 0 Å². The molecular formula is C8H13N3O. The van der Waals surface area contributed by atoms with E-state index in [1.165, 1.54) is 12.8 Å². The van der Waals surface area contributed by atoms with Gasteiger partial charge in [-0.05, 0) is 25.8 Å². The van der Waals surface area contributed by atoms with Crippen LogP contribution in [0.15, 0.2) is 4.52 Å². The average Bonchev–Trinajstić information content (AvgIpc) is 2.78. The van der Waals surface area contributed by atoms with E-state index in [0.29, 0.717) is 17.9 Å². The lowest BCUT2D eigenvalue weighted by Gasteiger charge is -2.08. The van der Waals surface area contributed by atoms with Crippen LogP contribution in [-0.2, 0) is 0 Å². The Bertz CT molecular complexity index is 267. The van der Waals surface area contributed by atoms with Gasteiger partial charge in [-0.2, -0.15) is 4.98 Å². The van der Waals surface area contributed by atoms with E-state index in [1.54, 1.807) is 0 Å². The number of rotatable bonds is 3. The molecule has 1 aromatic heterocycles. The summed E-state index contributed by atoms with van der Waals surface area (Å²) in [5.74, 6) is 2.16. The van der Waals surface area contributed by atoms with E-state index >= 15 is 0 Å². The molecule has 1 aromatic rings. The second kappa shape index (κ2) is 2.86. The minimum atomic E-state index is 0.294. The maximum absolute atomic E-state index is 4.92. The first kappa shape index (κ1) is 7.73. The predicted octanol–water partition coefficient (Wildman–Crippen LogP) is 1.05. The normalized spacial score (nSPS) is 19.5. The summed E-state index contributed by atoms with van der Waals surface area (Å²) in [7, 11) is 1.94. The van der Waals surface area contributed by atoms with Gasteiger partial charge in [0.2, 0.25) is 5.89 Å². The summed E-state index contributed by atoms with van der Waals surface area (Å²) in [6.45, 7) is 1.82. The highest BCUT2D eigenvalue weighted by Crippen LogP contribution is 2.39. The van der Waals surface area contributed by atoms with E-state index < -0.39 is 0 Å². The molecule has 0 aromatic carbocycles. The third kappa shape index (κ3) is 1.34. The quantitative estimate of drug-likeness (QED) is 0.731. The van der Waals surface area contributed by atoms with Crippen LogP contribution in [0, 0.1) is 12.8 Å². The van der Waals surface area contributed by atoms with Crippen molar-refractivity contribution in [3.05, 3.63) is 11.7 Å². The first-order chi connectivity index (χ1) is 5.81. The second-order valence-corrected chi connectivity index (χ2v) is 3.28. The van der Waals surface area contributed by atoms with Crippen LogP contribution in [0.5, 0.6) is 0 Å². The van der Waals surface area contributed by atoms with Crippen molar-refractivity contribution in [3.63, 3.8) is 0 Å². The number of hydrogen-bond acceptors (Lipinski definition) is 4. The van der Waals surface area contributed by atoms with Gasteiger partial charge in [0.25, 0.3) is 0 Å². The molecule has 1 unspecified atom stereocenters. The minimum absolute atomic E-state index is 0.294. The van der Waals surface area contributed by atoms with Gasteiger partial charge in [-0.15, -0.1) is 0 Å². The molecule has 0 radical (unpaired) electrons. The Morgan fingerprint density at radius 3 is 2.75 bits per heavy atom. The Morgan fingerprint density at radius 2 is 2.33 bits per heavy atom. The van der Waals surface area contributed by atoms with Crippen LogP contribution in [0.4, 0.5) is 0 Å². The summed E-state index contributed by atoms with van der Waals surface area (Å²) in [6.07, 6.45) is 2.55. The lowest BCUT2D eigenvalue weighted by atomic mass is 10.2. The zero-order valence-electron chi connectivity index (χ0n) is 7.37. The Hall–Kier alpha value is -0.900. The largest absolute Gasteiger partial charge is 0.340 e. The molecule has 2 rings (SSSR count). The molecule has 0 saturated heterocycles. The van der Waals surface area contributed by atoms with E-state index in [1.807, 2.05) is 14.0 Å². The topological polar surface area (TPSA) is 51.0 Å². The Kier molecular flexibility index (Phi) is 1.84. The monoisotopic (exact) mass is 167 g/mol. The fraction of sp³-hybridized carbons (Fsp3) is 0.750. The zero-order valence-corrected chi connectivity index (χ0v) is 7.37. The van der Waals surface area contributed by atoms with Gasteiger partial charge in [-0.25, -0.2) is 0 Å². The Labute approximate surface area is 71.4 Å². The standard InChI is InChI=1S/C8H13N3O/c1-5-10-8(11-12-5)7(9-2)6-3-4-6/h6-7,9H,3-4H2,1-2H3. The van der Waals surface area contributed by atoms with E-state index in [2.05, 4.69) is 15.5 Å². The molecule has 0 bridgehead atoms. The molecule has 1 N–H and O–H groups in total. The third-order valence-corrected chi connectivity index (χ3v) is 2.23. The average molecular weight is 167 g/mol. The molecule has 1 aliphatic rings. The van der Waals surface area contributed by atoms with Crippen LogP contribution in [0.1, 0.15) is 30.6 Å². The van der Waals surface area contributed by atoms with E-state index in [4.69, 9.17) is 4.52 Å². The smallest absolute Gasteiger partial charge is 0.223 e. The van der Waals surface area contributed by atoms with Gasteiger partial charge < -0.3 is 9.84 Å². The van der Waals surface area contributed by atoms with E-state index in [-0.39, 0.29) is 0 Å². The first-order valence-corrected chi connectivity index (χ1v) is 4.28. The molecule has 0 spiro atoms. The van der Waals surface area contributed by atoms with Crippen molar-refractivity contribution >= 4 is 0 Å². The van der Waals surface area contributed by atoms with Crippen LogP contribution < -0.4 is 5.32 Å². The third-order valence-electron chi connectivity index (χ3n) is 2.23. The number of aryl methyl sites for hydroxylation is 1. The van der Waals surface area contributed by atoms with Gasteiger partial charge in [0.05, 0.1) is 6.04 Å². The fourth-order valence-corrected chi connectivity index (χ4v) is 1.45. The van der Waals surface area contributed by atoms with Crippen molar-refractivity contribution in [1.82, 2.24) is 15.5 Å². The predicted molar refractivity (Wildman–Crippen MR) is 43.6 cm³/mol. The molecule has 1 aliphatic carbocycles. The Balaban J connectivity index is 2.15. The Morgan fingerprint density at radius 1 is 1.58 bits per heavy atom. The molecule has 0 amide bonds. The lowest BCUT2D eigenvalue weighted by Crippen LogP contribution is -2.19. The summed E-state index contributed by atoms with van der Waals surface area (Å²) in [4.78, 5) is 4.20. The van der Waals surface area contributed by atoms with Crippen LogP contribution in [-0.4, -0.2) is 17.2 Å². The van der Waals surface area contributed by atoms with E-state index in [0.717, 1.165) is 5.82 Å². The van der Waals surface area contributed by atoms with Crippen molar-refractivity contribution in [2.45, 2.75) is 25.8 Å². The molecule has 0 aliphatic heterocycles. The second-order valence-electron chi connectivity index (χ2n) is 3.28. The van der Waals surface area contributed by atoms with Crippen molar-refractivity contribution in [3.8, 4) is 0 Å². The lowest BCUT2D eigenvalue weighted by molar-refractivity contribution is 0.374. The molecule has 4 nitrogen and oxygen atoms in total. The minimum Gasteiger partial charge on any atom is -0.340 e. The number of nitrogens with one attached hydrogen (secondary N) is 1. The van der Waals surface area contributed by atoms with Crippen molar-refractivity contribution in [2.24, 2.45) is 5.92 Å². The summed E-state index contributed by atoms with van der Waals surface area (Å²) in [5, 5.41) is 7.11. The van der Waals surface area contributed by atoms with Gasteiger partial charge in [0.1, 0.15) is 0 Å². The highest BCUT2D eigenvalue weighted by molar-refractivity contribution is 5.00. The number of aromatic nitrogens is 2. The van der Waals surface area contributed by atoms with Crippen molar-refractivity contribution in [1.29, 1.82) is 0 Å². The van der Waals surface area contributed by atoms with Crippen molar-refractivity contribution < 1.29 is 4.52 Å². The van der Waals surface area contributed by atoms with Crippen LogP contribution in [0.25, 0.3) is 0 Å². The van der Waals surface area contributed by atoms with Crippen molar-refractivity contribution in [2.75, 3.05) is 7.05 Å². The summed E-state index contributed by atoms with van der Waals surface area (Å²) in [5.41, 5.74) is 0. The molecule has 1 heterocycles. The van der Waals surface area contributed by atoms with E-state index in [9.17, 15) is 0 Å². The van der Waals surface area contributed by atoms with Crippen LogP contribution in [0.3, 0.4) is 0 Å². The molecular weight excluding hydrogens is 154 g/mol. The summed E-state index contributed by atoms with van der Waals surface area (Å²) in [6, 6.07) is 0.294. The van der Waals surface area contributed by atoms with Crippen LogP contribution in [0.2, 0.25) is 0 Å². The molecule has 66 valence electrons. The maximum atomic E-state index is 4.92. The molecule has 4 heteroatoms. The first-order valence-electron chi connectivity index (χ1n) is 4.28. The van der Waals surface area contributed by atoms with Gasteiger partial charge in [0, 0.05) is 6.92 Å². The fourth-order valence-electron chi connectivity index (χ4n) is 1.45. The number of nitrogens with zero attached hydrogens (tertiary/aromatic N) is 2. The summed E-state index contributed by atoms with van der Waals surface area (Å²) >= 11 is 0. The molecule has 1 saturated carbocycles. The van der Waals surface area contributed by atoms with Gasteiger partial charge in [-0.3, -0.25) is 0 Å². The van der Waals surface area contributed by atoms with Gasteiger partial charge in [-0.1, -0.05) is 5.16 Å². The number of hydrogen-bond donors (Lipinski definition) is 1. The summed E-state index contributed by atoms with van der Waals surface area (Å²) < 4.78 is 4.92. The highest BCUT2D eigenvalue weighted by Gasteiger charge is 2.33. The van der Waals surface area contributed by atoms with Gasteiger partial charge in [0.15, 0.2) is 5.82 Å². The molecule has 1 atom stereocenters. The zero-order chi connectivity index (χ0) is 8.55.